The Hall–Kier alpha value is -1.12. The molecule has 0 aliphatic heterocycles. The highest BCUT2D eigenvalue weighted by Crippen LogP contribution is 1.91. The number of ketones is 1. The summed E-state index contributed by atoms with van der Waals surface area (Å²) in [6.45, 7) is 1.36. The van der Waals surface area contributed by atoms with E-state index >= 15 is 0 Å². The second kappa shape index (κ2) is 3.82. The molecular formula is C7H11NO2. The van der Waals surface area contributed by atoms with E-state index in [9.17, 15) is 9.59 Å². The van der Waals surface area contributed by atoms with Crippen LogP contribution in [0.25, 0.3) is 0 Å². The van der Waals surface area contributed by atoms with Crippen molar-refractivity contribution < 1.29 is 9.59 Å². The summed E-state index contributed by atoms with van der Waals surface area (Å²) in [6.07, 6.45) is 2.05. The van der Waals surface area contributed by atoms with E-state index in [0.29, 0.717) is 6.29 Å². The summed E-state index contributed by atoms with van der Waals surface area (Å²) in [5.41, 5.74) is 0.199. The first-order valence-corrected chi connectivity index (χ1v) is 2.92. The van der Waals surface area contributed by atoms with Crippen LogP contribution in [-0.2, 0) is 9.59 Å². The zero-order valence-electron chi connectivity index (χ0n) is 6.42. The van der Waals surface area contributed by atoms with Crippen LogP contribution < -0.4 is 0 Å². The van der Waals surface area contributed by atoms with E-state index in [1.807, 2.05) is 0 Å². The largest absolute Gasteiger partial charge is 0.383 e. The lowest BCUT2D eigenvalue weighted by Gasteiger charge is -2.04. The second-order valence-electron chi connectivity index (χ2n) is 2.22. The van der Waals surface area contributed by atoms with Crippen molar-refractivity contribution >= 4 is 12.1 Å². The van der Waals surface area contributed by atoms with E-state index < -0.39 is 0 Å². The smallest absolute Gasteiger partial charge is 0.164 e. The Morgan fingerprint density at radius 2 is 1.90 bits per heavy atom. The molecule has 3 nitrogen and oxygen atoms in total. The average Bonchev–Trinajstić information content (AvgIpc) is 1.81. The topological polar surface area (TPSA) is 37.4 Å². The van der Waals surface area contributed by atoms with Crippen molar-refractivity contribution in [2.45, 2.75) is 6.92 Å². The van der Waals surface area contributed by atoms with E-state index in [1.54, 1.807) is 19.0 Å². The van der Waals surface area contributed by atoms with Gasteiger partial charge >= 0.3 is 0 Å². The van der Waals surface area contributed by atoms with Crippen LogP contribution >= 0.6 is 0 Å². The fourth-order valence-electron chi connectivity index (χ4n) is 0.482. The minimum absolute atomic E-state index is 0.199. The number of allylic oxidation sites excluding steroid dienone is 1. The molecule has 0 N–H and O–H groups in total. The molecule has 0 aromatic heterocycles. The first kappa shape index (κ1) is 8.88. The standard InChI is InChI=1S/C7H11NO2/c1-6(10)7(5-9)4-8(2)3/h4-5H,1-3H3/b7-4-. The first-order chi connectivity index (χ1) is 4.57. The van der Waals surface area contributed by atoms with Gasteiger partial charge in [-0.15, -0.1) is 0 Å². The highest BCUT2D eigenvalue weighted by atomic mass is 16.1. The molecular weight excluding hydrogens is 130 g/mol. The maximum atomic E-state index is 10.6. The summed E-state index contributed by atoms with van der Waals surface area (Å²) in [5, 5.41) is 0. The number of carbonyl (C=O) groups excluding carboxylic acids is 2. The van der Waals surface area contributed by atoms with E-state index in [0.717, 1.165) is 0 Å². The summed E-state index contributed by atoms with van der Waals surface area (Å²) in [7, 11) is 3.51. The van der Waals surface area contributed by atoms with E-state index in [-0.39, 0.29) is 11.4 Å². The van der Waals surface area contributed by atoms with E-state index in [2.05, 4.69) is 0 Å². The summed E-state index contributed by atoms with van der Waals surface area (Å²) >= 11 is 0. The van der Waals surface area contributed by atoms with Crippen molar-refractivity contribution in [3.05, 3.63) is 11.8 Å². The van der Waals surface area contributed by atoms with Gasteiger partial charge in [-0.2, -0.15) is 0 Å². The molecule has 0 amide bonds. The third kappa shape index (κ3) is 3.02. The molecule has 0 atom stereocenters. The SMILES string of the molecule is CC(=O)/C(C=O)=C\N(C)C. The number of carbonyl (C=O) groups is 2. The number of aldehydes is 1. The van der Waals surface area contributed by atoms with Crippen molar-refractivity contribution in [2.24, 2.45) is 0 Å². The van der Waals surface area contributed by atoms with Crippen LogP contribution in [0.4, 0.5) is 0 Å². The maximum absolute atomic E-state index is 10.6. The van der Waals surface area contributed by atoms with Gasteiger partial charge in [-0.05, 0) is 6.92 Å². The lowest BCUT2D eigenvalue weighted by Crippen LogP contribution is -2.07. The molecule has 10 heavy (non-hydrogen) atoms. The second-order valence-corrected chi connectivity index (χ2v) is 2.22. The highest BCUT2D eigenvalue weighted by Gasteiger charge is 2.00. The van der Waals surface area contributed by atoms with Gasteiger partial charge in [0.15, 0.2) is 12.1 Å². The number of Topliss-reactive ketones (excluding diaryl/α,β-unsaturated/α-hetero) is 1. The molecule has 0 radical (unpaired) electrons. The summed E-state index contributed by atoms with van der Waals surface area (Å²) < 4.78 is 0. The van der Waals surface area contributed by atoms with Crippen LogP contribution in [0, 0.1) is 0 Å². The lowest BCUT2D eigenvalue weighted by molar-refractivity contribution is -0.116. The van der Waals surface area contributed by atoms with Crippen LogP contribution in [-0.4, -0.2) is 31.1 Å². The monoisotopic (exact) mass is 141 g/mol. The minimum atomic E-state index is -0.205. The first-order valence-electron chi connectivity index (χ1n) is 2.92. The fourth-order valence-corrected chi connectivity index (χ4v) is 0.482. The molecule has 56 valence electrons. The summed E-state index contributed by atoms with van der Waals surface area (Å²) in [5.74, 6) is -0.205. The number of hydrogen-bond acceptors (Lipinski definition) is 3. The maximum Gasteiger partial charge on any atom is 0.164 e. The molecule has 3 heteroatoms. The van der Waals surface area contributed by atoms with Gasteiger partial charge in [0.25, 0.3) is 0 Å². The van der Waals surface area contributed by atoms with E-state index in [1.165, 1.54) is 13.1 Å². The summed E-state index contributed by atoms with van der Waals surface area (Å²) in [4.78, 5) is 22.4. The Labute approximate surface area is 60.3 Å². The molecule has 0 unspecified atom stereocenters. The predicted octanol–water partition coefficient (Wildman–Crippen LogP) is 0.220. The molecule has 0 aliphatic carbocycles. The Balaban J connectivity index is 4.33. The Bertz CT molecular complexity index is 170. The van der Waals surface area contributed by atoms with Crippen LogP contribution in [0.2, 0.25) is 0 Å². The quantitative estimate of drug-likeness (QED) is 0.244. The minimum Gasteiger partial charge on any atom is -0.383 e. The van der Waals surface area contributed by atoms with Crippen LogP contribution in [0.5, 0.6) is 0 Å². The zero-order valence-corrected chi connectivity index (χ0v) is 6.42. The van der Waals surface area contributed by atoms with Gasteiger partial charge in [-0.1, -0.05) is 0 Å². The van der Waals surface area contributed by atoms with Gasteiger partial charge in [0, 0.05) is 20.3 Å². The molecule has 0 heterocycles. The van der Waals surface area contributed by atoms with Crippen LogP contribution in [0.3, 0.4) is 0 Å². The molecule has 0 aromatic rings. The predicted molar refractivity (Wildman–Crippen MR) is 38.5 cm³/mol. The van der Waals surface area contributed by atoms with Crippen molar-refractivity contribution in [1.29, 1.82) is 0 Å². The number of nitrogens with zero attached hydrogens (tertiary/aromatic N) is 1. The molecule has 0 aromatic carbocycles. The molecule has 0 bridgehead atoms. The Morgan fingerprint density at radius 3 is 2.00 bits per heavy atom. The fraction of sp³-hybridized carbons (Fsp3) is 0.429. The molecule has 0 saturated heterocycles. The summed E-state index contributed by atoms with van der Waals surface area (Å²) in [6, 6.07) is 0. The lowest BCUT2D eigenvalue weighted by atomic mass is 10.2. The van der Waals surface area contributed by atoms with Crippen molar-refractivity contribution in [1.82, 2.24) is 4.90 Å². The Kier molecular flexibility index (Phi) is 3.39. The van der Waals surface area contributed by atoms with Crippen molar-refractivity contribution in [2.75, 3.05) is 14.1 Å². The van der Waals surface area contributed by atoms with Gasteiger partial charge in [0.1, 0.15) is 0 Å². The number of rotatable bonds is 3. The van der Waals surface area contributed by atoms with Crippen LogP contribution in [0.15, 0.2) is 11.8 Å². The highest BCUT2D eigenvalue weighted by molar-refractivity contribution is 6.10. The van der Waals surface area contributed by atoms with Gasteiger partial charge in [-0.3, -0.25) is 9.59 Å². The van der Waals surface area contributed by atoms with Gasteiger partial charge < -0.3 is 4.90 Å². The zero-order chi connectivity index (χ0) is 8.15. The number of hydrogen-bond donors (Lipinski definition) is 0. The van der Waals surface area contributed by atoms with Gasteiger partial charge in [-0.25, -0.2) is 0 Å². The third-order valence-corrected chi connectivity index (χ3v) is 0.931. The third-order valence-electron chi connectivity index (χ3n) is 0.931. The average molecular weight is 141 g/mol. The van der Waals surface area contributed by atoms with Gasteiger partial charge in [0.2, 0.25) is 0 Å². The van der Waals surface area contributed by atoms with Crippen LogP contribution in [0.1, 0.15) is 6.92 Å². The molecule has 0 saturated carbocycles. The normalized spacial score (nSPS) is 10.9. The molecule has 0 spiro atoms. The molecule has 0 rings (SSSR count). The molecule has 0 aliphatic rings. The van der Waals surface area contributed by atoms with Crippen molar-refractivity contribution in [3.63, 3.8) is 0 Å². The molecule has 0 fully saturated rings. The van der Waals surface area contributed by atoms with Gasteiger partial charge in [0.05, 0.1) is 5.57 Å². The van der Waals surface area contributed by atoms with Crippen molar-refractivity contribution in [3.8, 4) is 0 Å². The van der Waals surface area contributed by atoms with E-state index in [4.69, 9.17) is 0 Å². The Morgan fingerprint density at radius 1 is 1.40 bits per heavy atom.